The molecule has 0 aliphatic carbocycles. The third kappa shape index (κ3) is 6.00. The fraction of sp³-hybridized carbons (Fsp3) is 0.750. The molecule has 4 N–H and O–H groups in total. The van der Waals surface area contributed by atoms with Crippen LogP contribution in [0.3, 0.4) is 0 Å². The maximum Gasteiger partial charge on any atom is 0.339 e. The highest BCUT2D eigenvalue weighted by Gasteiger charge is 2.17. The monoisotopic (exact) mass is 183 g/mol. The van der Waals surface area contributed by atoms with Crippen LogP contribution in [-0.4, -0.2) is 33.2 Å². The van der Waals surface area contributed by atoms with E-state index < -0.39 is 25.9 Å². The summed E-state index contributed by atoms with van der Waals surface area (Å²) < 4.78 is 10.2. The number of carboxylic acids is 1. The lowest BCUT2D eigenvalue weighted by Crippen LogP contribution is -2.34. The van der Waals surface area contributed by atoms with Crippen molar-refractivity contribution >= 4 is 13.6 Å². The van der Waals surface area contributed by atoms with Crippen LogP contribution in [0.25, 0.3) is 0 Å². The van der Waals surface area contributed by atoms with Gasteiger partial charge in [0.15, 0.2) is 0 Å². The van der Waals surface area contributed by atoms with Crippen molar-refractivity contribution in [3.63, 3.8) is 0 Å². The van der Waals surface area contributed by atoms with Crippen molar-refractivity contribution in [1.82, 2.24) is 5.32 Å². The van der Waals surface area contributed by atoms with E-state index in [9.17, 15) is 9.36 Å². The first kappa shape index (κ1) is 10.6. The second kappa shape index (κ2) is 3.82. The minimum atomic E-state index is -4.13. The highest BCUT2D eigenvalue weighted by Crippen LogP contribution is 2.32. The lowest BCUT2D eigenvalue weighted by Gasteiger charge is -2.09. The Morgan fingerprint density at radius 2 is 2.09 bits per heavy atom. The quantitative estimate of drug-likeness (QED) is 0.424. The zero-order valence-corrected chi connectivity index (χ0v) is 6.78. The molecule has 6 nitrogen and oxygen atoms in total. The molecule has 0 aromatic carbocycles. The van der Waals surface area contributed by atoms with Gasteiger partial charge >= 0.3 is 13.6 Å². The van der Waals surface area contributed by atoms with Gasteiger partial charge in [-0.1, -0.05) is 0 Å². The molecular formula is C4H10NO5P. The molecule has 66 valence electrons. The molecule has 0 saturated carbocycles. The van der Waals surface area contributed by atoms with Crippen molar-refractivity contribution in [3.8, 4) is 0 Å². The predicted octanol–water partition coefficient (Wildman–Crippen LogP) is -0.816. The molecule has 0 aliphatic rings. The first-order chi connectivity index (χ1) is 4.83. The van der Waals surface area contributed by atoms with E-state index in [0.29, 0.717) is 0 Å². The Bertz CT molecular complexity index is 187. The first-order valence-corrected chi connectivity index (χ1v) is 4.63. The van der Waals surface area contributed by atoms with E-state index in [2.05, 4.69) is 5.32 Å². The van der Waals surface area contributed by atoms with Crippen LogP contribution in [0, 0.1) is 0 Å². The third-order valence-corrected chi connectivity index (χ3v) is 1.57. The average Bonchev–Trinajstić information content (AvgIpc) is 1.80. The van der Waals surface area contributed by atoms with E-state index in [1.54, 1.807) is 0 Å². The molecule has 0 aromatic rings. The normalized spacial score (nSPS) is 14.5. The van der Waals surface area contributed by atoms with Crippen molar-refractivity contribution in [1.29, 1.82) is 0 Å². The maximum absolute atomic E-state index is 10.2. The fourth-order valence-corrected chi connectivity index (χ4v) is 0.855. The van der Waals surface area contributed by atoms with Gasteiger partial charge in [-0.3, -0.25) is 14.7 Å². The van der Waals surface area contributed by atoms with Crippen molar-refractivity contribution in [2.24, 2.45) is 0 Å². The van der Waals surface area contributed by atoms with E-state index in [0.717, 1.165) is 0 Å². The largest absolute Gasteiger partial charge is 0.480 e. The highest BCUT2D eigenvalue weighted by atomic mass is 31.2. The Kier molecular flexibility index (Phi) is 3.68. The minimum Gasteiger partial charge on any atom is -0.480 e. The molecule has 0 saturated heterocycles. The average molecular weight is 183 g/mol. The number of aliphatic carboxylic acids is 1. The molecule has 0 fully saturated rings. The molecule has 1 atom stereocenters. The Hall–Kier alpha value is -0.420. The van der Waals surface area contributed by atoms with E-state index >= 15 is 0 Å². The second-order valence-corrected chi connectivity index (χ2v) is 3.73. The van der Waals surface area contributed by atoms with Gasteiger partial charge in [-0.25, -0.2) is 0 Å². The summed E-state index contributed by atoms with van der Waals surface area (Å²) in [5, 5.41) is 10.4. The molecule has 0 aliphatic heterocycles. The summed E-state index contributed by atoms with van der Waals surface area (Å²) in [6, 6.07) is -0.942. The topological polar surface area (TPSA) is 107 Å². The van der Waals surface area contributed by atoms with E-state index in [-0.39, 0.29) is 0 Å². The third-order valence-electron chi connectivity index (χ3n) is 0.974. The van der Waals surface area contributed by atoms with Gasteiger partial charge in [0.1, 0.15) is 6.04 Å². The molecule has 0 rings (SSSR count). The van der Waals surface area contributed by atoms with Gasteiger partial charge in [0.25, 0.3) is 0 Å². The Morgan fingerprint density at radius 3 is 2.36 bits per heavy atom. The smallest absolute Gasteiger partial charge is 0.339 e. The van der Waals surface area contributed by atoms with Crippen LogP contribution in [0.5, 0.6) is 0 Å². The molecule has 11 heavy (non-hydrogen) atoms. The zero-order chi connectivity index (χ0) is 9.07. The fourth-order valence-electron chi connectivity index (χ4n) is 0.343. The van der Waals surface area contributed by atoms with Crippen LogP contribution < -0.4 is 5.32 Å². The van der Waals surface area contributed by atoms with Crippen molar-refractivity contribution in [3.05, 3.63) is 0 Å². The first-order valence-electron chi connectivity index (χ1n) is 2.83. The SMILES string of the molecule is C[C@H](NCP(=O)(O)O)C(=O)O. The molecule has 0 heterocycles. The summed E-state index contributed by atoms with van der Waals surface area (Å²) in [5.41, 5.74) is 0. The Morgan fingerprint density at radius 1 is 1.64 bits per heavy atom. The number of carbonyl (C=O) groups is 1. The van der Waals surface area contributed by atoms with Gasteiger partial charge in [-0.15, -0.1) is 0 Å². The Labute approximate surface area is 63.4 Å². The van der Waals surface area contributed by atoms with E-state index in [1.807, 2.05) is 0 Å². The van der Waals surface area contributed by atoms with Crippen molar-refractivity contribution < 1.29 is 24.3 Å². The Balaban J connectivity index is 3.72. The highest BCUT2D eigenvalue weighted by molar-refractivity contribution is 7.51. The van der Waals surface area contributed by atoms with Crippen molar-refractivity contribution in [2.45, 2.75) is 13.0 Å². The molecule has 0 amide bonds. The molecule has 7 heteroatoms. The lowest BCUT2D eigenvalue weighted by atomic mass is 10.4. The van der Waals surface area contributed by atoms with Gasteiger partial charge < -0.3 is 14.9 Å². The molecule has 0 unspecified atom stereocenters. The summed E-state index contributed by atoms with van der Waals surface area (Å²) in [6.07, 6.45) is -0.611. The number of nitrogens with one attached hydrogen (secondary N) is 1. The maximum atomic E-state index is 10.2. The summed E-state index contributed by atoms with van der Waals surface area (Å²) in [6.45, 7) is 1.30. The zero-order valence-electron chi connectivity index (χ0n) is 5.89. The van der Waals surface area contributed by atoms with Gasteiger partial charge in [0.2, 0.25) is 0 Å². The number of carboxylic acid groups (broad SMARTS) is 1. The summed E-state index contributed by atoms with van der Waals surface area (Å²) in [5.74, 6) is -1.14. The number of hydrogen-bond donors (Lipinski definition) is 4. The summed E-state index contributed by atoms with van der Waals surface area (Å²) in [7, 11) is -4.13. The summed E-state index contributed by atoms with van der Waals surface area (Å²) in [4.78, 5) is 26.7. The van der Waals surface area contributed by atoms with Crippen LogP contribution in [-0.2, 0) is 9.36 Å². The molecule has 0 aromatic heterocycles. The van der Waals surface area contributed by atoms with Crippen molar-refractivity contribution in [2.75, 3.05) is 6.29 Å². The molecule has 0 radical (unpaired) electrons. The van der Waals surface area contributed by atoms with E-state index in [4.69, 9.17) is 14.9 Å². The van der Waals surface area contributed by atoms with Crippen LogP contribution in [0.4, 0.5) is 0 Å². The van der Waals surface area contributed by atoms with E-state index in [1.165, 1.54) is 6.92 Å². The van der Waals surface area contributed by atoms with Gasteiger partial charge in [-0.2, -0.15) is 0 Å². The van der Waals surface area contributed by atoms with Crippen LogP contribution in [0.2, 0.25) is 0 Å². The van der Waals surface area contributed by atoms with Gasteiger partial charge in [-0.05, 0) is 6.92 Å². The van der Waals surface area contributed by atoms with Crippen LogP contribution in [0.15, 0.2) is 0 Å². The molecule has 0 bridgehead atoms. The van der Waals surface area contributed by atoms with Gasteiger partial charge in [0, 0.05) is 0 Å². The van der Waals surface area contributed by atoms with Gasteiger partial charge in [0.05, 0.1) is 6.29 Å². The minimum absolute atomic E-state index is 0.611. The summed E-state index contributed by atoms with van der Waals surface area (Å²) >= 11 is 0. The second-order valence-electron chi connectivity index (χ2n) is 2.09. The molecule has 0 spiro atoms. The molecular weight excluding hydrogens is 173 g/mol. The van der Waals surface area contributed by atoms with Crippen LogP contribution >= 0.6 is 7.60 Å². The van der Waals surface area contributed by atoms with Crippen LogP contribution in [0.1, 0.15) is 6.92 Å². The number of hydrogen-bond acceptors (Lipinski definition) is 3. The lowest BCUT2D eigenvalue weighted by molar-refractivity contribution is -0.138. The number of rotatable bonds is 4. The predicted molar refractivity (Wildman–Crippen MR) is 37.1 cm³/mol. The standard InChI is InChI=1S/C4H10NO5P/c1-3(4(6)7)5-2-11(8,9)10/h3,5H,2H2,1H3,(H,6,7)(H2,8,9,10)/t3-/m0/s1.